The van der Waals surface area contributed by atoms with Crippen molar-refractivity contribution in [2.75, 3.05) is 13.6 Å². The van der Waals surface area contributed by atoms with E-state index in [4.69, 9.17) is 4.42 Å². The van der Waals surface area contributed by atoms with Gasteiger partial charge in [-0.25, -0.2) is 0 Å². The molecule has 0 aliphatic heterocycles. The number of hydrogen-bond donors (Lipinski definition) is 2. The van der Waals surface area contributed by atoms with Crippen LogP contribution in [0.15, 0.2) is 107 Å². The summed E-state index contributed by atoms with van der Waals surface area (Å²) in [6.45, 7) is 13.2. The van der Waals surface area contributed by atoms with Gasteiger partial charge in [0.05, 0.1) is 0 Å². The van der Waals surface area contributed by atoms with Crippen LogP contribution >= 0.6 is 0 Å². The van der Waals surface area contributed by atoms with Crippen LogP contribution in [0.3, 0.4) is 0 Å². The number of aldehydes is 1. The van der Waals surface area contributed by atoms with E-state index in [-0.39, 0.29) is 0 Å². The van der Waals surface area contributed by atoms with Gasteiger partial charge in [-0.3, -0.25) is 0 Å². The Hall–Kier alpha value is -3.63. The molecule has 0 bridgehead atoms. The molecule has 0 atom stereocenters. The first-order valence-electron chi connectivity index (χ1n) is 11.6. The van der Waals surface area contributed by atoms with E-state index in [1.807, 2.05) is 74.7 Å². The highest BCUT2D eigenvalue weighted by molar-refractivity contribution is 5.61. The number of allylic oxidation sites excluding steroid dienone is 6. The smallest absolute Gasteiger partial charge is 0.134 e. The van der Waals surface area contributed by atoms with Crippen molar-refractivity contribution in [1.29, 1.82) is 0 Å². The molecule has 0 radical (unpaired) electrons. The molecule has 0 aliphatic carbocycles. The molecule has 0 aliphatic rings. The third-order valence-corrected chi connectivity index (χ3v) is 5.01. The quantitative estimate of drug-likeness (QED) is 0.184. The number of carbonyl (C=O) groups is 1. The van der Waals surface area contributed by atoms with E-state index in [1.165, 1.54) is 5.56 Å². The summed E-state index contributed by atoms with van der Waals surface area (Å²) in [5, 5.41) is 6.54. The molecule has 4 heteroatoms. The van der Waals surface area contributed by atoms with Crippen molar-refractivity contribution in [3.8, 4) is 11.3 Å². The Kier molecular flexibility index (Phi) is 11.4. The highest BCUT2D eigenvalue weighted by Gasteiger charge is 2.06. The second-order valence-electron chi connectivity index (χ2n) is 8.02. The zero-order valence-electron chi connectivity index (χ0n) is 20.6. The summed E-state index contributed by atoms with van der Waals surface area (Å²) < 4.78 is 5.99. The number of hydrogen-bond acceptors (Lipinski definition) is 4. The van der Waals surface area contributed by atoms with Crippen LogP contribution in [0, 0.1) is 6.92 Å². The maximum atomic E-state index is 10.8. The average Bonchev–Trinajstić information content (AvgIpc) is 3.30. The molecule has 0 spiro atoms. The monoisotopic (exact) mass is 456 g/mol. The van der Waals surface area contributed by atoms with Crippen LogP contribution in [0.5, 0.6) is 0 Å². The molecule has 0 amide bonds. The van der Waals surface area contributed by atoms with E-state index in [9.17, 15) is 4.79 Å². The molecule has 0 saturated carbocycles. The van der Waals surface area contributed by atoms with Gasteiger partial charge in [-0.05, 0) is 75.2 Å². The molecular weight excluding hydrogens is 420 g/mol. The second-order valence-corrected chi connectivity index (χ2v) is 8.02. The predicted octanol–water partition coefficient (Wildman–Crippen LogP) is 6.90. The van der Waals surface area contributed by atoms with E-state index < -0.39 is 0 Å². The molecular formula is C30H36N2O2. The fraction of sp³-hybridized carbons (Fsp3) is 0.233. The van der Waals surface area contributed by atoms with Crippen LogP contribution in [0.2, 0.25) is 0 Å². The van der Waals surface area contributed by atoms with E-state index in [1.54, 1.807) is 0 Å². The van der Waals surface area contributed by atoms with Crippen LogP contribution in [-0.4, -0.2) is 19.9 Å². The second kappa shape index (κ2) is 14.5. The Labute approximate surface area is 204 Å². The number of aryl methyl sites for hydroxylation is 1. The Balaban J connectivity index is 2.20. The zero-order valence-corrected chi connectivity index (χ0v) is 20.6. The molecule has 178 valence electrons. The molecule has 0 fully saturated rings. The van der Waals surface area contributed by atoms with Crippen molar-refractivity contribution in [2.45, 2.75) is 33.1 Å². The van der Waals surface area contributed by atoms with Crippen LogP contribution in [0.1, 0.15) is 37.5 Å². The van der Waals surface area contributed by atoms with Gasteiger partial charge < -0.3 is 19.8 Å². The van der Waals surface area contributed by atoms with E-state index in [2.05, 4.69) is 42.8 Å². The minimum absolute atomic E-state index is 0.472. The first-order valence-corrected chi connectivity index (χ1v) is 11.6. The predicted molar refractivity (Wildman–Crippen MR) is 144 cm³/mol. The third kappa shape index (κ3) is 9.08. The summed E-state index contributed by atoms with van der Waals surface area (Å²) in [5.74, 6) is 1.60. The molecule has 0 saturated heterocycles. The molecule has 34 heavy (non-hydrogen) atoms. The topological polar surface area (TPSA) is 54.3 Å². The van der Waals surface area contributed by atoms with Gasteiger partial charge in [0, 0.05) is 29.9 Å². The van der Waals surface area contributed by atoms with Crippen molar-refractivity contribution in [3.05, 3.63) is 114 Å². The Morgan fingerprint density at radius 3 is 2.65 bits per heavy atom. The SMILES string of the molecule is C=C(/C=C/c1ccc(-c2cccc(C)c2)o1)/C=C(\C=C/C)C(=C/CCC=O)/NC(=C)CCNC. The number of carbonyl (C=O) groups excluding carboxylic acids is 1. The van der Waals surface area contributed by atoms with Crippen molar-refractivity contribution in [2.24, 2.45) is 0 Å². The summed E-state index contributed by atoms with van der Waals surface area (Å²) >= 11 is 0. The number of unbranched alkanes of at least 4 members (excludes halogenated alkanes) is 1. The average molecular weight is 457 g/mol. The lowest BCUT2D eigenvalue weighted by Gasteiger charge is -2.15. The standard InChI is InChI=1S/C30H36N2O2/c1-6-10-26(29(13-7-8-20-33)32-25(4)18-19-31-5)21-24(3)14-15-28-16-17-30(34-28)27-12-9-11-23(2)22-27/h6,9-17,20-22,31-32H,3-4,7-8,18-19H2,1-2,5H3/b10-6-,15-14+,26-21+,29-13-. The maximum absolute atomic E-state index is 10.8. The molecule has 2 rings (SSSR count). The van der Waals surface area contributed by atoms with E-state index in [0.717, 1.165) is 58.9 Å². The molecule has 4 nitrogen and oxygen atoms in total. The Morgan fingerprint density at radius 2 is 1.94 bits per heavy atom. The van der Waals surface area contributed by atoms with Crippen molar-refractivity contribution in [1.82, 2.24) is 10.6 Å². The van der Waals surface area contributed by atoms with Crippen molar-refractivity contribution >= 4 is 12.4 Å². The fourth-order valence-corrected chi connectivity index (χ4v) is 3.29. The highest BCUT2D eigenvalue weighted by Crippen LogP contribution is 2.24. The number of rotatable bonds is 14. The van der Waals surface area contributed by atoms with Crippen LogP contribution in [-0.2, 0) is 4.79 Å². The number of furan rings is 1. The zero-order chi connectivity index (χ0) is 24.8. The van der Waals surface area contributed by atoms with Gasteiger partial charge in [0.15, 0.2) is 0 Å². The lowest BCUT2D eigenvalue weighted by molar-refractivity contribution is -0.107. The molecule has 1 heterocycles. The van der Waals surface area contributed by atoms with Gasteiger partial charge in [-0.2, -0.15) is 0 Å². The van der Waals surface area contributed by atoms with Crippen molar-refractivity contribution in [3.63, 3.8) is 0 Å². The first kappa shape index (κ1) is 26.6. The Bertz CT molecular complexity index is 1100. The number of nitrogens with one attached hydrogen (secondary N) is 2. The largest absolute Gasteiger partial charge is 0.457 e. The highest BCUT2D eigenvalue weighted by atomic mass is 16.3. The first-order chi connectivity index (χ1) is 16.5. The molecule has 2 aromatic rings. The minimum atomic E-state index is 0.472. The summed E-state index contributed by atoms with van der Waals surface area (Å²) in [4.78, 5) is 10.8. The lowest BCUT2D eigenvalue weighted by atomic mass is 10.1. The van der Waals surface area contributed by atoms with Crippen molar-refractivity contribution < 1.29 is 9.21 Å². The summed E-state index contributed by atoms with van der Waals surface area (Å²) in [5.41, 5.74) is 5.86. The van der Waals surface area contributed by atoms with Crippen LogP contribution in [0.4, 0.5) is 0 Å². The van der Waals surface area contributed by atoms with Crippen LogP contribution < -0.4 is 10.6 Å². The molecule has 1 aromatic heterocycles. The normalized spacial score (nSPS) is 12.4. The Morgan fingerprint density at radius 1 is 1.12 bits per heavy atom. The van der Waals surface area contributed by atoms with Gasteiger partial charge >= 0.3 is 0 Å². The van der Waals surface area contributed by atoms with Crippen LogP contribution in [0.25, 0.3) is 17.4 Å². The molecule has 2 N–H and O–H groups in total. The van der Waals surface area contributed by atoms with Gasteiger partial charge in [-0.15, -0.1) is 0 Å². The molecule has 0 unspecified atom stereocenters. The van der Waals surface area contributed by atoms with E-state index >= 15 is 0 Å². The van der Waals surface area contributed by atoms with Gasteiger partial charge in [0.1, 0.15) is 17.8 Å². The third-order valence-electron chi connectivity index (χ3n) is 5.01. The minimum Gasteiger partial charge on any atom is -0.457 e. The summed E-state index contributed by atoms with van der Waals surface area (Å²) in [6, 6.07) is 12.2. The number of benzene rings is 1. The fourth-order valence-electron chi connectivity index (χ4n) is 3.29. The van der Waals surface area contributed by atoms with E-state index in [0.29, 0.717) is 12.8 Å². The van der Waals surface area contributed by atoms with Gasteiger partial charge in [0.2, 0.25) is 0 Å². The summed E-state index contributed by atoms with van der Waals surface area (Å²) in [6.07, 6.45) is 14.7. The van der Waals surface area contributed by atoms with Gasteiger partial charge in [0.25, 0.3) is 0 Å². The molecule has 1 aromatic carbocycles. The lowest BCUT2D eigenvalue weighted by Crippen LogP contribution is -2.18. The van der Waals surface area contributed by atoms with Gasteiger partial charge in [-0.1, -0.05) is 61.2 Å². The summed E-state index contributed by atoms with van der Waals surface area (Å²) in [7, 11) is 1.92. The maximum Gasteiger partial charge on any atom is 0.134 e.